The van der Waals surface area contributed by atoms with Gasteiger partial charge in [-0.05, 0) is 17.5 Å². The second-order valence-electron chi connectivity index (χ2n) is 7.99. The maximum atomic E-state index is 13.2. The summed E-state index contributed by atoms with van der Waals surface area (Å²) in [6, 6.07) is 19.7. The van der Waals surface area contributed by atoms with Gasteiger partial charge < -0.3 is 14.4 Å². The molecule has 29 heavy (non-hydrogen) atoms. The van der Waals surface area contributed by atoms with Crippen LogP contribution >= 0.6 is 0 Å². The van der Waals surface area contributed by atoms with Crippen molar-refractivity contribution < 1.29 is 19.1 Å². The third kappa shape index (κ3) is 3.15. The highest BCUT2D eigenvalue weighted by Gasteiger charge is 2.67. The molecule has 4 atom stereocenters. The van der Waals surface area contributed by atoms with Crippen LogP contribution in [0.5, 0.6) is 0 Å². The van der Waals surface area contributed by atoms with E-state index in [1.807, 2.05) is 65.6 Å². The number of benzene rings is 2. The second-order valence-corrected chi connectivity index (χ2v) is 7.99. The van der Waals surface area contributed by atoms with Gasteiger partial charge in [0, 0.05) is 6.54 Å². The zero-order valence-corrected chi connectivity index (χ0v) is 16.1. The first-order valence-electron chi connectivity index (χ1n) is 10.1. The van der Waals surface area contributed by atoms with E-state index in [1.54, 1.807) is 0 Å². The number of nitrogens with zero attached hydrogens (tertiary/aromatic N) is 1. The van der Waals surface area contributed by atoms with Gasteiger partial charge in [-0.15, -0.1) is 0 Å². The lowest BCUT2D eigenvalue weighted by molar-refractivity contribution is -0.155. The Labute approximate surface area is 169 Å². The van der Waals surface area contributed by atoms with Crippen molar-refractivity contribution in [1.29, 1.82) is 0 Å². The van der Waals surface area contributed by atoms with Crippen molar-refractivity contribution in [3.63, 3.8) is 0 Å². The second kappa shape index (κ2) is 7.16. The van der Waals surface area contributed by atoms with Gasteiger partial charge in [-0.1, -0.05) is 72.8 Å². The topological polar surface area (TPSA) is 55.8 Å². The van der Waals surface area contributed by atoms with E-state index in [0.717, 1.165) is 12.0 Å². The van der Waals surface area contributed by atoms with E-state index in [9.17, 15) is 9.59 Å². The molecule has 5 nitrogen and oxygen atoms in total. The van der Waals surface area contributed by atoms with Gasteiger partial charge in [-0.25, -0.2) is 0 Å². The Kier molecular flexibility index (Phi) is 4.47. The molecule has 0 saturated carbocycles. The molecule has 5 heteroatoms. The van der Waals surface area contributed by atoms with Gasteiger partial charge in [-0.2, -0.15) is 0 Å². The molecule has 0 aromatic heterocycles. The normalized spacial score (nSPS) is 29.3. The zero-order chi connectivity index (χ0) is 19.8. The number of fused-ring (bicyclic) bond motifs is 1. The van der Waals surface area contributed by atoms with Crippen LogP contribution in [-0.4, -0.2) is 41.6 Å². The summed E-state index contributed by atoms with van der Waals surface area (Å²) in [5.41, 5.74) is 1.43. The number of esters is 1. The summed E-state index contributed by atoms with van der Waals surface area (Å²) in [6.07, 6.45) is 4.30. The van der Waals surface area contributed by atoms with Crippen molar-refractivity contribution in [2.75, 3.05) is 13.1 Å². The van der Waals surface area contributed by atoms with Gasteiger partial charge in [-0.3, -0.25) is 9.59 Å². The molecule has 2 saturated heterocycles. The molecular formula is C24H23NO4. The van der Waals surface area contributed by atoms with Crippen LogP contribution in [0.15, 0.2) is 72.8 Å². The van der Waals surface area contributed by atoms with E-state index < -0.39 is 17.4 Å². The summed E-state index contributed by atoms with van der Waals surface area (Å²) in [5, 5.41) is 0. The van der Waals surface area contributed by atoms with Crippen LogP contribution in [0.1, 0.15) is 11.1 Å². The van der Waals surface area contributed by atoms with Gasteiger partial charge in [0.1, 0.15) is 18.1 Å². The monoisotopic (exact) mass is 389 g/mol. The first-order chi connectivity index (χ1) is 14.2. The van der Waals surface area contributed by atoms with Gasteiger partial charge in [0.25, 0.3) is 0 Å². The van der Waals surface area contributed by atoms with Gasteiger partial charge >= 0.3 is 5.97 Å². The molecule has 2 aromatic carbocycles. The Hall–Kier alpha value is -2.92. The van der Waals surface area contributed by atoms with Crippen molar-refractivity contribution >= 4 is 11.9 Å². The molecule has 0 aliphatic carbocycles. The molecule has 2 fully saturated rings. The van der Waals surface area contributed by atoms with E-state index in [1.165, 1.54) is 5.56 Å². The van der Waals surface area contributed by atoms with Crippen molar-refractivity contribution in [2.45, 2.75) is 24.7 Å². The lowest BCUT2D eigenvalue weighted by atomic mass is 9.77. The smallest absolute Gasteiger partial charge is 0.313 e. The van der Waals surface area contributed by atoms with Gasteiger partial charge in [0.15, 0.2) is 0 Å². The molecule has 0 unspecified atom stereocenters. The average Bonchev–Trinajstić information content (AvgIpc) is 3.40. The molecule has 5 rings (SSSR count). The molecule has 3 aliphatic heterocycles. The predicted molar refractivity (Wildman–Crippen MR) is 107 cm³/mol. The van der Waals surface area contributed by atoms with E-state index >= 15 is 0 Å². The molecule has 1 amide bonds. The Balaban J connectivity index is 1.28. The molecule has 0 N–H and O–H groups in total. The Morgan fingerprint density at radius 2 is 1.76 bits per heavy atom. The Morgan fingerprint density at radius 1 is 1.07 bits per heavy atom. The highest BCUT2D eigenvalue weighted by molar-refractivity contribution is 5.91. The quantitative estimate of drug-likeness (QED) is 0.563. The summed E-state index contributed by atoms with van der Waals surface area (Å²) in [5.74, 6) is -1.42. The fraction of sp³-hybridized carbons (Fsp3) is 0.333. The lowest BCUT2D eigenvalue weighted by Gasteiger charge is -2.22. The zero-order valence-electron chi connectivity index (χ0n) is 16.1. The van der Waals surface area contributed by atoms with Crippen LogP contribution in [0.3, 0.4) is 0 Å². The number of carbonyl (C=O) groups is 2. The summed E-state index contributed by atoms with van der Waals surface area (Å²) in [4.78, 5) is 27.9. The van der Waals surface area contributed by atoms with E-state index in [4.69, 9.17) is 9.47 Å². The third-order valence-corrected chi connectivity index (χ3v) is 6.19. The Morgan fingerprint density at radius 3 is 2.48 bits per heavy atom. The van der Waals surface area contributed by atoms with Gasteiger partial charge in [0.2, 0.25) is 5.91 Å². The van der Waals surface area contributed by atoms with Crippen molar-refractivity contribution in [3.8, 4) is 0 Å². The maximum absolute atomic E-state index is 13.2. The minimum atomic E-state index is -0.686. The first kappa shape index (κ1) is 18.1. The molecule has 3 heterocycles. The van der Waals surface area contributed by atoms with Crippen LogP contribution < -0.4 is 0 Å². The number of likely N-dealkylation sites (tertiary alicyclic amines) is 1. The number of hydrogen-bond acceptors (Lipinski definition) is 4. The minimum Gasteiger partial charge on any atom is -0.460 e. The summed E-state index contributed by atoms with van der Waals surface area (Å²) in [6.45, 7) is 1.33. The van der Waals surface area contributed by atoms with E-state index in [-0.39, 0.29) is 24.6 Å². The third-order valence-electron chi connectivity index (χ3n) is 6.19. The van der Waals surface area contributed by atoms with Crippen LogP contribution in [0.4, 0.5) is 0 Å². The predicted octanol–water partition coefficient (Wildman–Crippen LogP) is 2.75. The SMILES string of the molecule is O=C(OCc1ccccc1)[C@@H]1[C@@H]2C=C[C@@]3(CN(CCc4ccccc4)C(=O)[C@@H]13)O2. The number of carbonyl (C=O) groups excluding carboxylic acids is 2. The maximum Gasteiger partial charge on any atom is 0.313 e. The molecule has 3 aliphatic rings. The fourth-order valence-electron chi connectivity index (χ4n) is 4.77. The number of rotatable bonds is 6. The van der Waals surface area contributed by atoms with E-state index in [0.29, 0.717) is 13.1 Å². The highest BCUT2D eigenvalue weighted by atomic mass is 16.6. The number of hydrogen-bond donors (Lipinski definition) is 0. The van der Waals surface area contributed by atoms with Crippen LogP contribution in [0, 0.1) is 11.8 Å². The van der Waals surface area contributed by atoms with Crippen LogP contribution in [-0.2, 0) is 32.1 Å². The minimum absolute atomic E-state index is 0.00515. The van der Waals surface area contributed by atoms with E-state index in [2.05, 4.69) is 12.1 Å². The molecular weight excluding hydrogens is 366 g/mol. The number of amides is 1. The summed E-state index contributed by atoms with van der Waals surface area (Å²) in [7, 11) is 0. The number of ether oxygens (including phenoxy) is 2. The van der Waals surface area contributed by atoms with Crippen molar-refractivity contribution in [3.05, 3.63) is 83.9 Å². The lowest BCUT2D eigenvalue weighted by Crippen LogP contribution is -2.40. The molecule has 148 valence electrons. The fourth-order valence-corrected chi connectivity index (χ4v) is 4.77. The largest absolute Gasteiger partial charge is 0.460 e. The molecule has 2 bridgehead atoms. The van der Waals surface area contributed by atoms with Crippen LogP contribution in [0.2, 0.25) is 0 Å². The standard InChI is InChI=1S/C24H23NO4/c26-22-21-20(23(27)28-15-18-9-5-2-6-10-18)19-11-13-24(21,29-19)16-25(22)14-12-17-7-3-1-4-8-17/h1-11,13,19-21H,12,14-16H2/t19-,20+,21+,24-/m0/s1. The Bertz CT molecular complexity index is 942. The molecule has 1 spiro atoms. The first-order valence-corrected chi connectivity index (χ1v) is 10.1. The average molecular weight is 389 g/mol. The summed E-state index contributed by atoms with van der Waals surface area (Å²) >= 11 is 0. The van der Waals surface area contributed by atoms with Crippen molar-refractivity contribution in [2.24, 2.45) is 11.8 Å². The van der Waals surface area contributed by atoms with Gasteiger partial charge in [0.05, 0.1) is 18.6 Å². The highest BCUT2D eigenvalue weighted by Crippen LogP contribution is 2.52. The summed E-state index contributed by atoms with van der Waals surface area (Å²) < 4.78 is 11.7. The molecule has 2 aromatic rings. The molecule has 0 radical (unpaired) electrons. The van der Waals surface area contributed by atoms with Crippen molar-refractivity contribution in [1.82, 2.24) is 4.90 Å². The van der Waals surface area contributed by atoms with Crippen LogP contribution in [0.25, 0.3) is 0 Å².